The molecule has 0 aliphatic heterocycles. The van der Waals surface area contributed by atoms with Gasteiger partial charge in [-0.2, -0.15) is 0 Å². The van der Waals surface area contributed by atoms with Crippen molar-refractivity contribution in [2.24, 2.45) is 0 Å². The largest absolute Gasteiger partial charge is 0.372 e. The monoisotopic (exact) mass is 234 g/mol. The van der Waals surface area contributed by atoms with Crippen LogP contribution in [0.3, 0.4) is 0 Å². The van der Waals surface area contributed by atoms with E-state index in [1.165, 1.54) is 7.11 Å². The molecule has 4 heteroatoms. The van der Waals surface area contributed by atoms with Crippen LogP contribution in [0, 0.1) is 0 Å². The van der Waals surface area contributed by atoms with E-state index in [1.54, 1.807) is 18.2 Å². The Morgan fingerprint density at radius 3 is 2.92 bits per heavy atom. The molecule has 1 aliphatic rings. The van der Waals surface area contributed by atoms with Crippen LogP contribution >= 0.6 is 15.9 Å². The minimum Gasteiger partial charge on any atom is -0.372 e. The van der Waals surface area contributed by atoms with Crippen molar-refractivity contribution >= 4 is 15.9 Å². The third-order valence-electron chi connectivity index (χ3n) is 1.49. The van der Waals surface area contributed by atoms with Crippen molar-refractivity contribution in [3.05, 3.63) is 24.3 Å². The molecule has 0 saturated heterocycles. The highest BCUT2D eigenvalue weighted by Crippen LogP contribution is 2.27. The zero-order valence-electron chi connectivity index (χ0n) is 6.74. The molecular weight excluding hydrogens is 224 g/mol. The number of rotatable bonds is 3. The topological polar surface area (TPSA) is 38.7 Å². The SMILES string of the molecule is COCOC1C=CC=CC1(O)Br. The third-order valence-corrected chi connectivity index (χ3v) is 2.21. The molecule has 3 nitrogen and oxygen atoms in total. The molecule has 68 valence electrons. The first-order valence-corrected chi connectivity index (χ1v) is 4.34. The van der Waals surface area contributed by atoms with Gasteiger partial charge >= 0.3 is 0 Å². The predicted molar refractivity (Wildman–Crippen MR) is 48.9 cm³/mol. The van der Waals surface area contributed by atoms with Crippen molar-refractivity contribution in [3.63, 3.8) is 0 Å². The maximum absolute atomic E-state index is 9.66. The van der Waals surface area contributed by atoms with E-state index in [0.29, 0.717) is 0 Å². The Bertz CT molecular complexity index is 198. The van der Waals surface area contributed by atoms with E-state index >= 15 is 0 Å². The Morgan fingerprint density at radius 1 is 1.58 bits per heavy atom. The second-order valence-electron chi connectivity index (χ2n) is 2.47. The first-order chi connectivity index (χ1) is 5.67. The van der Waals surface area contributed by atoms with E-state index in [-0.39, 0.29) is 6.79 Å². The van der Waals surface area contributed by atoms with Crippen molar-refractivity contribution in [1.82, 2.24) is 0 Å². The maximum atomic E-state index is 9.66. The van der Waals surface area contributed by atoms with Crippen LogP contribution in [-0.2, 0) is 9.47 Å². The minimum absolute atomic E-state index is 0.163. The third kappa shape index (κ3) is 2.42. The molecule has 0 aromatic heterocycles. The summed E-state index contributed by atoms with van der Waals surface area (Å²) in [6, 6.07) is 0. The van der Waals surface area contributed by atoms with E-state index in [1.807, 2.05) is 6.08 Å². The average Bonchev–Trinajstić information content (AvgIpc) is 2.02. The molecule has 0 radical (unpaired) electrons. The Kier molecular flexibility index (Phi) is 3.46. The molecule has 1 rings (SSSR count). The highest BCUT2D eigenvalue weighted by atomic mass is 79.9. The second-order valence-corrected chi connectivity index (χ2v) is 3.74. The summed E-state index contributed by atoms with van der Waals surface area (Å²) in [5.41, 5.74) is 0. The fourth-order valence-electron chi connectivity index (χ4n) is 0.899. The molecule has 0 bridgehead atoms. The first-order valence-electron chi connectivity index (χ1n) is 3.54. The molecule has 12 heavy (non-hydrogen) atoms. The van der Waals surface area contributed by atoms with Gasteiger partial charge in [0, 0.05) is 7.11 Å². The van der Waals surface area contributed by atoms with Crippen molar-refractivity contribution in [1.29, 1.82) is 0 Å². The Balaban J connectivity index is 2.52. The van der Waals surface area contributed by atoms with Gasteiger partial charge in [0.25, 0.3) is 0 Å². The van der Waals surface area contributed by atoms with Crippen molar-refractivity contribution in [2.45, 2.75) is 10.6 Å². The molecule has 2 atom stereocenters. The summed E-state index contributed by atoms with van der Waals surface area (Å²) in [4.78, 5) is 0. The molecule has 0 fully saturated rings. The summed E-state index contributed by atoms with van der Waals surface area (Å²) in [6.07, 6.45) is 6.54. The van der Waals surface area contributed by atoms with Crippen LogP contribution < -0.4 is 0 Å². The number of halogens is 1. The Hall–Kier alpha value is -0.160. The number of allylic oxidation sites excluding steroid dienone is 2. The van der Waals surface area contributed by atoms with Gasteiger partial charge in [0.15, 0.2) is 4.51 Å². The van der Waals surface area contributed by atoms with E-state index in [0.717, 1.165) is 0 Å². The normalized spacial score (nSPS) is 34.1. The lowest BCUT2D eigenvalue weighted by molar-refractivity contribution is -0.0905. The second kappa shape index (κ2) is 4.18. The smallest absolute Gasteiger partial charge is 0.168 e. The summed E-state index contributed by atoms with van der Waals surface area (Å²) in [6.45, 7) is 0.163. The van der Waals surface area contributed by atoms with Crippen LogP contribution in [0.25, 0.3) is 0 Å². The van der Waals surface area contributed by atoms with E-state index in [9.17, 15) is 5.11 Å². The summed E-state index contributed by atoms with van der Waals surface area (Å²) in [7, 11) is 1.54. The molecular formula is C8H11BrO3. The Labute approximate surface area is 79.8 Å². The van der Waals surface area contributed by atoms with Crippen LogP contribution in [0.1, 0.15) is 0 Å². The predicted octanol–water partition coefficient (Wildman–Crippen LogP) is 1.19. The summed E-state index contributed by atoms with van der Waals surface area (Å²) >= 11 is 3.13. The lowest BCUT2D eigenvalue weighted by Crippen LogP contribution is -2.36. The number of alkyl halides is 1. The lowest BCUT2D eigenvalue weighted by atomic mass is 10.1. The average molecular weight is 235 g/mol. The highest BCUT2D eigenvalue weighted by Gasteiger charge is 2.31. The van der Waals surface area contributed by atoms with Crippen molar-refractivity contribution < 1.29 is 14.6 Å². The number of aliphatic hydroxyl groups is 1. The zero-order chi connectivity index (χ0) is 9.03. The lowest BCUT2D eigenvalue weighted by Gasteiger charge is -2.27. The molecule has 0 spiro atoms. The Morgan fingerprint density at radius 2 is 2.33 bits per heavy atom. The fourth-order valence-corrected chi connectivity index (χ4v) is 1.34. The van der Waals surface area contributed by atoms with Gasteiger partial charge in [-0.25, -0.2) is 0 Å². The summed E-state index contributed by atoms with van der Waals surface area (Å²) < 4.78 is 8.81. The maximum Gasteiger partial charge on any atom is 0.168 e. The number of methoxy groups -OCH3 is 1. The molecule has 0 amide bonds. The minimum atomic E-state index is -1.11. The van der Waals surface area contributed by atoms with E-state index in [2.05, 4.69) is 15.9 Å². The van der Waals surface area contributed by atoms with Gasteiger partial charge in [-0.3, -0.25) is 0 Å². The molecule has 0 saturated carbocycles. The molecule has 0 heterocycles. The number of ether oxygens (including phenoxy) is 2. The van der Waals surface area contributed by atoms with Gasteiger partial charge in [0.2, 0.25) is 0 Å². The zero-order valence-corrected chi connectivity index (χ0v) is 8.32. The molecule has 0 aromatic rings. The van der Waals surface area contributed by atoms with Gasteiger partial charge in [-0.15, -0.1) is 0 Å². The number of hydrogen-bond donors (Lipinski definition) is 1. The van der Waals surface area contributed by atoms with Crippen molar-refractivity contribution in [3.8, 4) is 0 Å². The fraction of sp³-hybridized carbons (Fsp3) is 0.500. The van der Waals surface area contributed by atoms with Crippen LogP contribution in [0.15, 0.2) is 24.3 Å². The van der Waals surface area contributed by atoms with Gasteiger partial charge in [0.05, 0.1) is 0 Å². The van der Waals surface area contributed by atoms with Crippen LogP contribution in [0.5, 0.6) is 0 Å². The van der Waals surface area contributed by atoms with Crippen LogP contribution in [0.2, 0.25) is 0 Å². The van der Waals surface area contributed by atoms with E-state index < -0.39 is 10.6 Å². The number of hydrogen-bond acceptors (Lipinski definition) is 3. The summed E-state index contributed by atoms with van der Waals surface area (Å²) in [5.74, 6) is 0. The van der Waals surface area contributed by atoms with Gasteiger partial charge in [0.1, 0.15) is 12.9 Å². The standard InChI is InChI=1S/C8H11BrO3/c1-11-6-12-7-4-2-3-5-8(7,9)10/h2-5,7,10H,6H2,1H3. The van der Waals surface area contributed by atoms with Gasteiger partial charge < -0.3 is 14.6 Å². The van der Waals surface area contributed by atoms with Gasteiger partial charge in [-0.05, 0) is 22.0 Å². The quantitative estimate of drug-likeness (QED) is 0.589. The molecule has 0 aromatic carbocycles. The van der Waals surface area contributed by atoms with Gasteiger partial charge in [-0.1, -0.05) is 18.2 Å². The van der Waals surface area contributed by atoms with E-state index in [4.69, 9.17) is 9.47 Å². The molecule has 1 N–H and O–H groups in total. The molecule has 1 aliphatic carbocycles. The molecule has 2 unspecified atom stereocenters. The van der Waals surface area contributed by atoms with Crippen LogP contribution in [0.4, 0.5) is 0 Å². The first kappa shape index (κ1) is 9.92. The van der Waals surface area contributed by atoms with Crippen LogP contribution in [-0.4, -0.2) is 29.6 Å². The van der Waals surface area contributed by atoms with Crippen molar-refractivity contribution in [2.75, 3.05) is 13.9 Å². The summed E-state index contributed by atoms with van der Waals surface area (Å²) in [5, 5.41) is 9.66. The highest BCUT2D eigenvalue weighted by molar-refractivity contribution is 9.10.